The van der Waals surface area contributed by atoms with E-state index >= 15 is 0 Å². The smallest absolute Gasteiger partial charge is 0.254 e. The molecule has 1 saturated heterocycles. The summed E-state index contributed by atoms with van der Waals surface area (Å²) in [6.07, 6.45) is 1.62. The minimum Gasteiger partial charge on any atom is -0.497 e. The number of halogens is 1. The van der Waals surface area contributed by atoms with Gasteiger partial charge in [-0.25, -0.2) is 5.43 Å². The van der Waals surface area contributed by atoms with Crippen molar-refractivity contribution in [3.63, 3.8) is 0 Å². The van der Waals surface area contributed by atoms with Crippen molar-refractivity contribution in [1.29, 1.82) is 0 Å². The molecule has 1 aliphatic rings. The third kappa shape index (κ3) is 6.05. The first-order valence-corrected chi connectivity index (χ1v) is 9.66. The van der Waals surface area contributed by atoms with Crippen LogP contribution in [0.1, 0.15) is 11.1 Å². The van der Waals surface area contributed by atoms with Crippen LogP contribution >= 0.6 is 11.6 Å². The second-order valence-electron chi connectivity index (χ2n) is 6.71. The molecule has 1 amide bonds. The first kappa shape index (κ1) is 20.3. The molecule has 1 fully saturated rings. The van der Waals surface area contributed by atoms with Crippen LogP contribution in [0.2, 0.25) is 5.02 Å². The van der Waals surface area contributed by atoms with Gasteiger partial charge in [0, 0.05) is 37.7 Å². The van der Waals surface area contributed by atoms with E-state index in [1.54, 1.807) is 13.3 Å². The minimum absolute atomic E-state index is 0.107. The number of hydrazone groups is 1. The van der Waals surface area contributed by atoms with Gasteiger partial charge in [0.2, 0.25) is 0 Å². The van der Waals surface area contributed by atoms with Gasteiger partial charge in [-0.1, -0.05) is 29.8 Å². The molecule has 148 valence electrons. The molecule has 3 rings (SSSR count). The summed E-state index contributed by atoms with van der Waals surface area (Å²) >= 11 is 6.24. The molecule has 0 aromatic heterocycles. The summed E-state index contributed by atoms with van der Waals surface area (Å²) < 4.78 is 5.11. The Hall–Kier alpha value is -2.41. The molecular weight excluding hydrogens is 376 g/mol. The lowest BCUT2D eigenvalue weighted by molar-refractivity contribution is -0.122. The highest BCUT2D eigenvalue weighted by Crippen LogP contribution is 2.17. The first-order valence-electron chi connectivity index (χ1n) is 9.28. The van der Waals surface area contributed by atoms with Crippen molar-refractivity contribution in [2.75, 3.05) is 39.8 Å². The van der Waals surface area contributed by atoms with E-state index in [2.05, 4.69) is 26.4 Å². The van der Waals surface area contributed by atoms with Gasteiger partial charge >= 0.3 is 0 Å². The van der Waals surface area contributed by atoms with E-state index in [4.69, 9.17) is 16.3 Å². The average Bonchev–Trinajstić information content (AvgIpc) is 2.72. The Labute approximate surface area is 170 Å². The molecule has 0 unspecified atom stereocenters. The van der Waals surface area contributed by atoms with Crippen molar-refractivity contribution >= 4 is 23.7 Å². The zero-order valence-corrected chi connectivity index (χ0v) is 16.7. The molecule has 2 aromatic carbocycles. The highest BCUT2D eigenvalue weighted by Gasteiger charge is 2.19. The van der Waals surface area contributed by atoms with Crippen LogP contribution in [0.4, 0.5) is 0 Å². The number of amides is 1. The summed E-state index contributed by atoms with van der Waals surface area (Å²) in [5, 5.41) is 4.83. The van der Waals surface area contributed by atoms with Crippen molar-refractivity contribution in [2.45, 2.75) is 6.54 Å². The Balaban J connectivity index is 1.38. The van der Waals surface area contributed by atoms with Crippen LogP contribution in [0, 0.1) is 0 Å². The molecule has 1 N–H and O–H groups in total. The standard InChI is InChI=1S/C21H25ClN4O2/c1-28-19-8-6-17(7-9-19)14-23-24-21(27)16-26-12-10-25(11-13-26)15-18-4-2-3-5-20(18)22/h2-9,14H,10-13,15-16H2,1H3,(H,24,27)/b23-14+. The lowest BCUT2D eigenvalue weighted by Gasteiger charge is -2.34. The number of rotatable bonds is 7. The highest BCUT2D eigenvalue weighted by molar-refractivity contribution is 6.31. The molecule has 1 aliphatic heterocycles. The molecule has 0 radical (unpaired) electrons. The van der Waals surface area contributed by atoms with Gasteiger partial charge < -0.3 is 4.74 Å². The third-order valence-electron chi connectivity index (χ3n) is 4.70. The molecule has 0 saturated carbocycles. The normalized spacial score (nSPS) is 15.6. The summed E-state index contributed by atoms with van der Waals surface area (Å²) in [5.41, 5.74) is 4.63. The molecule has 6 nitrogen and oxygen atoms in total. The number of ether oxygens (including phenoxy) is 1. The van der Waals surface area contributed by atoms with E-state index < -0.39 is 0 Å². The van der Waals surface area contributed by atoms with Gasteiger partial charge in [-0.3, -0.25) is 14.6 Å². The summed E-state index contributed by atoms with van der Waals surface area (Å²) in [6, 6.07) is 15.4. The van der Waals surface area contributed by atoms with Crippen molar-refractivity contribution in [3.05, 3.63) is 64.7 Å². The van der Waals surface area contributed by atoms with E-state index in [0.717, 1.165) is 54.6 Å². The number of piperazine rings is 1. The summed E-state index contributed by atoms with van der Waals surface area (Å²) in [7, 11) is 1.62. The van der Waals surface area contributed by atoms with E-state index in [9.17, 15) is 4.79 Å². The predicted octanol–water partition coefficient (Wildman–Crippen LogP) is 2.62. The number of benzene rings is 2. The summed E-state index contributed by atoms with van der Waals surface area (Å²) in [4.78, 5) is 16.6. The highest BCUT2D eigenvalue weighted by atomic mass is 35.5. The van der Waals surface area contributed by atoms with E-state index in [0.29, 0.717) is 6.54 Å². The predicted molar refractivity (Wildman–Crippen MR) is 112 cm³/mol. The number of methoxy groups -OCH3 is 1. The zero-order valence-electron chi connectivity index (χ0n) is 16.0. The Morgan fingerprint density at radius 1 is 1.11 bits per heavy atom. The van der Waals surface area contributed by atoms with Crippen LogP contribution in [0.5, 0.6) is 5.75 Å². The number of carbonyl (C=O) groups excluding carboxylic acids is 1. The van der Waals surface area contributed by atoms with Gasteiger partial charge in [0.05, 0.1) is 19.9 Å². The molecule has 0 aliphatic carbocycles. The maximum Gasteiger partial charge on any atom is 0.254 e. The van der Waals surface area contributed by atoms with Gasteiger partial charge in [0.15, 0.2) is 0 Å². The Kier molecular flexibility index (Phi) is 7.42. The Morgan fingerprint density at radius 3 is 2.46 bits per heavy atom. The minimum atomic E-state index is -0.107. The van der Waals surface area contributed by atoms with Crippen LogP contribution in [0.25, 0.3) is 0 Å². The maximum absolute atomic E-state index is 12.1. The third-order valence-corrected chi connectivity index (χ3v) is 5.07. The van der Waals surface area contributed by atoms with Crippen molar-refractivity contribution < 1.29 is 9.53 Å². The lowest BCUT2D eigenvalue weighted by Crippen LogP contribution is -2.48. The molecule has 0 atom stereocenters. The van der Waals surface area contributed by atoms with Crippen LogP contribution in [-0.2, 0) is 11.3 Å². The first-order chi connectivity index (χ1) is 13.6. The second kappa shape index (κ2) is 10.2. The molecule has 0 spiro atoms. The zero-order chi connectivity index (χ0) is 19.8. The topological polar surface area (TPSA) is 57.2 Å². The number of hydrogen-bond acceptors (Lipinski definition) is 5. The molecular formula is C21H25ClN4O2. The SMILES string of the molecule is COc1ccc(/C=N/NC(=O)CN2CCN(Cc3ccccc3Cl)CC2)cc1. The molecule has 1 heterocycles. The molecule has 28 heavy (non-hydrogen) atoms. The molecule has 2 aromatic rings. The monoisotopic (exact) mass is 400 g/mol. The van der Waals surface area contributed by atoms with E-state index in [-0.39, 0.29) is 5.91 Å². The van der Waals surface area contributed by atoms with E-state index in [1.807, 2.05) is 42.5 Å². The van der Waals surface area contributed by atoms with Gasteiger partial charge in [-0.05, 0) is 41.5 Å². The lowest BCUT2D eigenvalue weighted by atomic mass is 10.2. The second-order valence-corrected chi connectivity index (χ2v) is 7.12. The molecule has 0 bridgehead atoms. The fraction of sp³-hybridized carbons (Fsp3) is 0.333. The van der Waals surface area contributed by atoms with Gasteiger partial charge in [0.1, 0.15) is 5.75 Å². The van der Waals surface area contributed by atoms with Crippen LogP contribution in [0.15, 0.2) is 53.6 Å². The summed E-state index contributed by atoms with van der Waals surface area (Å²) in [5.74, 6) is 0.680. The van der Waals surface area contributed by atoms with Gasteiger partial charge in [-0.2, -0.15) is 5.10 Å². The van der Waals surface area contributed by atoms with Crippen LogP contribution < -0.4 is 10.2 Å². The maximum atomic E-state index is 12.1. The molecule has 7 heteroatoms. The summed E-state index contributed by atoms with van der Waals surface area (Å²) in [6.45, 7) is 4.70. The Bertz CT molecular complexity index is 802. The fourth-order valence-corrected chi connectivity index (χ4v) is 3.28. The number of nitrogens with one attached hydrogen (secondary N) is 1. The van der Waals surface area contributed by atoms with Gasteiger partial charge in [0.25, 0.3) is 5.91 Å². The number of nitrogens with zero attached hydrogens (tertiary/aromatic N) is 3. The largest absolute Gasteiger partial charge is 0.497 e. The Morgan fingerprint density at radius 2 is 1.79 bits per heavy atom. The van der Waals surface area contributed by atoms with Crippen LogP contribution in [0.3, 0.4) is 0 Å². The number of hydrogen-bond donors (Lipinski definition) is 1. The fourth-order valence-electron chi connectivity index (χ4n) is 3.08. The average molecular weight is 401 g/mol. The quantitative estimate of drug-likeness (QED) is 0.573. The van der Waals surface area contributed by atoms with Gasteiger partial charge in [-0.15, -0.1) is 0 Å². The van der Waals surface area contributed by atoms with Crippen LogP contribution in [-0.4, -0.2) is 61.8 Å². The van der Waals surface area contributed by atoms with Crippen molar-refractivity contribution in [3.8, 4) is 5.75 Å². The van der Waals surface area contributed by atoms with Crippen molar-refractivity contribution in [2.24, 2.45) is 5.10 Å². The van der Waals surface area contributed by atoms with Crippen molar-refractivity contribution in [1.82, 2.24) is 15.2 Å². The number of carbonyl (C=O) groups is 1. The van der Waals surface area contributed by atoms with E-state index in [1.165, 1.54) is 0 Å².